The Hall–Kier alpha value is -7.13. The number of carbonyl (C=O) groups excluding carboxylic acids is 6. The van der Waals surface area contributed by atoms with Crippen molar-refractivity contribution in [2.75, 3.05) is 5.32 Å². The van der Waals surface area contributed by atoms with Gasteiger partial charge in [0.25, 0.3) is 0 Å². The number of hydrogen-bond acceptors (Lipinski definition) is 8. The first kappa shape index (κ1) is 44.9. The number of carbonyl (C=O) groups is 7. The number of aliphatic carboxylic acids is 1. The molecule has 0 saturated heterocycles. The van der Waals surface area contributed by atoms with E-state index in [1.807, 2.05) is 102 Å². The Balaban J connectivity index is 1.22. The fourth-order valence-corrected chi connectivity index (χ4v) is 8.27. The highest BCUT2D eigenvalue weighted by Crippen LogP contribution is 2.35. The SMILES string of the molecule is O=C1CCC(=O)NC(Cc2cccs2)C(=O)NC(Cc2ccc(-c3ccccc3)cc2)C(=O)NC(CCc2ccccc2)C(=O)NC(C(=O)NC2(C(=O)O)CC2)Cc2ccc(cc2)N1. The predicted octanol–water partition coefficient (Wildman–Crippen LogP) is 4.48. The largest absolute Gasteiger partial charge is 0.480 e. The van der Waals surface area contributed by atoms with E-state index in [9.17, 15) is 38.7 Å². The van der Waals surface area contributed by atoms with E-state index >= 15 is 0 Å². The van der Waals surface area contributed by atoms with Gasteiger partial charge in [-0.05, 0) is 77.1 Å². The summed E-state index contributed by atoms with van der Waals surface area (Å²) in [5.41, 5.74) is 3.10. The van der Waals surface area contributed by atoms with Crippen molar-refractivity contribution in [3.05, 3.63) is 148 Å². The van der Waals surface area contributed by atoms with E-state index in [0.717, 1.165) is 21.6 Å². The summed E-state index contributed by atoms with van der Waals surface area (Å²) in [6, 6.07) is 32.0. The topological polar surface area (TPSA) is 212 Å². The van der Waals surface area contributed by atoms with Crippen LogP contribution in [0.5, 0.6) is 0 Å². The lowest BCUT2D eigenvalue weighted by atomic mass is 9.99. The number of fused-ring (bicyclic) bond motifs is 18. The van der Waals surface area contributed by atoms with Gasteiger partial charge in [0.05, 0.1) is 0 Å². The van der Waals surface area contributed by atoms with Gasteiger partial charge in [0.1, 0.15) is 29.7 Å². The van der Waals surface area contributed by atoms with Gasteiger partial charge in [-0.15, -0.1) is 11.3 Å². The molecule has 1 fully saturated rings. The van der Waals surface area contributed by atoms with E-state index in [2.05, 4.69) is 31.9 Å². The molecule has 5 aromatic rings. The van der Waals surface area contributed by atoms with Gasteiger partial charge in [-0.1, -0.05) is 103 Å². The minimum atomic E-state index is -1.44. The molecule has 1 saturated carbocycles. The number of hydrogen-bond donors (Lipinski definition) is 7. The zero-order valence-electron chi connectivity index (χ0n) is 35.0. The van der Waals surface area contributed by atoms with Crippen molar-refractivity contribution < 1.29 is 38.7 Å². The first-order chi connectivity index (χ1) is 30.9. The van der Waals surface area contributed by atoms with Crippen LogP contribution in [0.1, 0.15) is 53.7 Å². The third kappa shape index (κ3) is 12.3. The van der Waals surface area contributed by atoms with Crippen molar-refractivity contribution in [1.29, 1.82) is 0 Å². The van der Waals surface area contributed by atoms with Crippen LogP contribution in [0.2, 0.25) is 0 Å². The number of carboxylic acid groups (broad SMARTS) is 1. The summed E-state index contributed by atoms with van der Waals surface area (Å²) in [4.78, 5) is 96.6. The standard InChI is InChI=1S/C49H50N6O8S/c56-42-23-24-43(57)51-41(30-37-12-7-27-64-37)46(60)53-39(28-32-13-18-35(19-14-32)34-10-5-2-6-11-34)45(59)52-38(22-17-31-8-3-1-4-9-31)44(58)54-40(29-33-15-20-36(50-42)21-16-33)47(61)55-49(25-26-49)48(62)63/h1-16,18-21,27,38-41H,17,22-26,28-30H2,(H,50,56)(H,51,57)(H,52,59)(H,53,60)(H,54,58)(H,55,61)(H,62,63). The van der Waals surface area contributed by atoms with Crippen LogP contribution >= 0.6 is 11.3 Å². The van der Waals surface area contributed by atoms with E-state index < -0.39 is 71.1 Å². The zero-order valence-corrected chi connectivity index (χ0v) is 35.8. The number of benzene rings is 4. The molecule has 0 spiro atoms. The smallest absolute Gasteiger partial charge is 0.329 e. The predicted molar refractivity (Wildman–Crippen MR) is 242 cm³/mol. The Kier molecular flexibility index (Phi) is 14.6. The molecule has 1 aromatic heterocycles. The number of thiophene rings is 1. The van der Waals surface area contributed by atoms with Crippen LogP contribution in [-0.4, -0.2) is 76.2 Å². The van der Waals surface area contributed by atoms with Crippen LogP contribution in [0.15, 0.2) is 127 Å². The Morgan fingerprint density at radius 1 is 0.625 bits per heavy atom. The van der Waals surface area contributed by atoms with Crippen molar-refractivity contribution in [1.82, 2.24) is 26.6 Å². The first-order valence-corrected chi connectivity index (χ1v) is 22.2. The van der Waals surface area contributed by atoms with E-state index in [-0.39, 0.29) is 51.4 Å². The number of carboxylic acids is 1. The Labute approximate surface area is 374 Å². The molecule has 330 valence electrons. The summed E-state index contributed by atoms with van der Waals surface area (Å²) < 4.78 is 0. The average molecular weight is 883 g/mol. The second-order valence-corrected chi connectivity index (χ2v) is 17.2. The van der Waals surface area contributed by atoms with Gasteiger partial charge >= 0.3 is 5.97 Å². The van der Waals surface area contributed by atoms with Crippen molar-refractivity contribution in [2.45, 2.75) is 87.5 Å². The lowest BCUT2D eigenvalue weighted by molar-refractivity contribution is -0.143. The molecule has 4 unspecified atom stereocenters. The molecule has 2 bridgehead atoms. The quantitative estimate of drug-likeness (QED) is 0.0939. The van der Waals surface area contributed by atoms with Gasteiger partial charge in [-0.2, -0.15) is 0 Å². The fourth-order valence-electron chi connectivity index (χ4n) is 7.52. The van der Waals surface area contributed by atoms with Gasteiger partial charge in [0, 0.05) is 42.7 Å². The van der Waals surface area contributed by atoms with Crippen molar-refractivity contribution in [3.8, 4) is 11.1 Å². The van der Waals surface area contributed by atoms with Gasteiger partial charge in [0.15, 0.2) is 0 Å². The van der Waals surface area contributed by atoms with E-state index in [4.69, 9.17) is 0 Å². The van der Waals surface area contributed by atoms with E-state index in [1.54, 1.807) is 24.3 Å². The van der Waals surface area contributed by atoms with Crippen molar-refractivity contribution in [3.63, 3.8) is 0 Å². The Morgan fingerprint density at radius 3 is 1.88 bits per heavy atom. The molecule has 14 nitrogen and oxygen atoms in total. The highest BCUT2D eigenvalue weighted by molar-refractivity contribution is 7.09. The summed E-state index contributed by atoms with van der Waals surface area (Å²) in [6.07, 6.45) is 0.596. The Bertz CT molecular complexity index is 2440. The molecule has 4 aromatic carbocycles. The molecule has 3 heterocycles. The summed E-state index contributed by atoms with van der Waals surface area (Å²) in [5.74, 6) is -4.90. The normalized spacial score (nSPS) is 20.6. The maximum atomic E-state index is 14.6. The summed E-state index contributed by atoms with van der Waals surface area (Å²) >= 11 is 1.40. The number of anilines is 1. The lowest BCUT2D eigenvalue weighted by Gasteiger charge is -2.27. The number of nitrogens with one attached hydrogen (secondary N) is 6. The molecule has 3 aliphatic rings. The molecule has 7 N–H and O–H groups in total. The fraction of sp³-hybridized carbons (Fsp3) is 0.286. The molecule has 0 radical (unpaired) electrons. The summed E-state index contributed by atoms with van der Waals surface area (Å²) in [6.45, 7) is 0. The zero-order chi connectivity index (χ0) is 45.1. The van der Waals surface area contributed by atoms with Crippen molar-refractivity contribution >= 4 is 58.4 Å². The molecule has 8 rings (SSSR count). The van der Waals surface area contributed by atoms with E-state index in [1.165, 1.54) is 11.3 Å². The monoisotopic (exact) mass is 882 g/mol. The van der Waals surface area contributed by atoms with Crippen LogP contribution in [0.4, 0.5) is 5.69 Å². The van der Waals surface area contributed by atoms with Crippen molar-refractivity contribution in [2.24, 2.45) is 0 Å². The number of amides is 6. The van der Waals surface area contributed by atoms with Crippen LogP contribution in [0.3, 0.4) is 0 Å². The number of rotatable bonds is 11. The molecule has 4 atom stereocenters. The highest BCUT2D eigenvalue weighted by Gasteiger charge is 2.52. The minimum absolute atomic E-state index is 0.0115. The second kappa shape index (κ2) is 20.8. The van der Waals surface area contributed by atoms with Crippen LogP contribution < -0.4 is 31.9 Å². The first-order valence-electron chi connectivity index (χ1n) is 21.3. The third-order valence-electron chi connectivity index (χ3n) is 11.4. The van der Waals surface area contributed by atoms with Gasteiger partial charge in [-0.25, -0.2) is 4.79 Å². The van der Waals surface area contributed by atoms with Crippen LogP contribution in [0, 0.1) is 0 Å². The van der Waals surface area contributed by atoms with Gasteiger partial charge < -0.3 is 37.0 Å². The molecule has 6 amide bonds. The maximum Gasteiger partial charge on any atom is 0.329 e. The van der Waals surface area contributed by atoms with Crippen LogP contribution in [-0.2, 0) is 59.2 Å². The average Bonchev–Trinajstić information content (AvgIpc) is 3.91. The second-order valence-electron chi connectivity index (χ2n) is 16.2. The maximum absolute atomic E-state index is 14.6. The van der Waals surface area contributed by atoms with E-state index in [0.29, 0.717) is 23.2 Å². The molecular weight excluding hydrogens is 833 g/mol. The molecule has 15 heteroatoms. The molecule has 64 heavy (non-hydrogen) atoms. The number of aryl methyl sites for hydroxylation is 1. The molecular formula is C49H50N6O8S. The summed E-state index contributed by atoms with van der Waals surface area (Å²) in [5, 5.41) is 28.4. The van der Waals surface area contributed by atoms with Crippen LogP contribution in [0.25, 0.3) is 11.1 Å². The molecule has 1 aliphatic carbocycles. The summed E-state index contributed by atoms with van der Waals surface area (Å²) in [7, 11) is 0. The van der Waals surface area contributed by atoms with Gasteiger partial charge in [0.2, 0.25) is 35.4 Å². The third-order valence-corrected chi connectivity index (χ3v) is 12.3. The highest BCUT2D eigenvalue weighted by atomic mass is 32.1. The molecule has 2 aliphatic heterocycles. The Morgan fingerprint density at radius 2 is 1.23 bits per heavy atom. The van der Waals surface area contributed by atoms with Gasteiger partial charge in [-0.3, -0.25) is 28.8 Å². The lowest BCUT2D eigenvalue weighted by Crippen LogP contribution is -2.60. The minimum Gasteiger partial charge on any atom is -0.480 e.